The third-order valence-corrected chi connectivity index (χ3v) is 5.66. The molecule has 0 spiro atoms. The Labute approximate surface area is 128 Å². The second-order valence-corrected chi connectivity index (χ2v) is 7.86. The molecule has 0 aromatic carbocycles. The van der Waals surface area contributed by atoms with Gasteiger partial charge in [0.15, 0.2) is 0 Å². The fraction of sp³-hybridized carbons (Fsp3) is 0.333. The van der Waals surface area contributed by atoms with Crippen molar-refractivity contribution in [2.24, 2.45) is 0 Å². The molecule has 1 N–H and O–H groups in total. The Morgan fingerprint density at radius 1 is 1.47 bits per heavy atom. The molecule has 0 saturated heterocycles. The topological polar surface area (TPSA) is 12.0 Å². The van der Waals surface area contributed by atoms with E-state index in [0.717, 1.165) is 18.0 Å². The average molecular weight is 398 g/mol. The van der Waals surface area contributed by atoms with Crippen molar-refractivity contribution in [2.75, 3.05) is 6.54 Å². The lowest BCUT2D eigenvalue weighted by Gasteiger charge is -2.16. The summed E-state index contributed by atoms with van der Waals surface area (Å²) >= 11 is 12.1. The van der Waals surface area contributed by atoms with E-state index < -0.39 is 0 Å². The molecule has 1 unspecified atom stereocenters. The zero-order valence-corrected chi connectivity index (χ0v) is 13.9. The highest BCUT2D eigenvalue weighted by Crippen LogP contribution is 2.34. The molecule has 0 aliphatic carbocycles. The van der Waals surface area contributed by atoms with Crippen molar-refractivity contribution in [1.82, 2.24) is 5.32 Å². The Hall–Kier alpha value is 0.380. The van der Waals surface area contributed by atoms with Gasteiger partial charge >= 0.3 is 0 Å². The first-order valence-electron chi connectivity index (χ1n) is 5.42. The largest absolute Gasteiger partial charge is 0.306 e. The monoisotopic (exact) mass is 397 g/mol. The van der Waals surface area contributed by atoms with E-state index in [1.165, 1.54) is 13.3 Å². The van der Waals surface area contributed by atoms with Crippen molar-refractivity contribution in [1.29, 1.82) is 0 Å². The molecule has 0 bridgehead atoms. The molecule has 17 heavy (non-hydrogen) atoms. The van der Waals surface area contributed by atoms with Gasteiger partial charge in [0.05, 0.1) is 13.9 Å². The molecule has 0 saturated carbocycles. The smallest absolute Gasteiger partial charge is 0.0694 e. The van der Waals surface area contributed by atoms with Gasteiger partial charge in [-0.3, -0.25) is 0 Å². The first-order valence-corrected chi connectivity index (χ1v) is 8.64. The van der Waals surface area contributed by atoms with Gasteiger partial charge < -0.3 is 5.32 Å². The average Bonchev–Trinajstić information content (AvgIpc) is 2.90. The van der Waals surface area contributed by atoms with Crippen LogP contribution < -0.4 is 5.32 Å². The first-order chi connectivity index (χ1) is 8.22. The highest BCUT2D eigenvalue weighted by atomic mass is 127. The minimum absolute atomic E-state index is 0.238. The minimum atomic E-state index is 0.238. The summed E-state index contributed by atoms with van der Waals surface area (Å²) in [5.74, 6) is 0. The lowest BCUT2D eigenvalue weighted by atomic mass is 10.1. The van der Waals surface area contributed by atoms with E-state index in [2.05, 4.69) is 51.7 Å². The van der Waals surface area contributed by atoms with Crippen LogP contribution in [0.2, 0.25) is 5.02 Å². The van der Waals surface area contributed by atoms with Crippen LogP contribution in [0.3, 0.4) is 0 Å². The van der Waals surface area contributed by atoms with Gasteiger partial charge in [0, 0.05) is 4.88 Å². The van der Waals surface area contributed by atoms with Gasteiger partial charge in [0.25, 0.3) is 0 Å². The van der Waals surface area contributed by atoms with Gasteiger partial charge in [0.1, 0.15) is 0 Å². The summed E-state index contributed by atoms with van der Waals surface area (Å²) < 4.78 is 1.31. The predicted octanol–water partition coefficient (Wildman–Crippen LogP) is 5.16. The summed E-state index contributed by atoms with van der Waals surface area (Å²) in [5, 5.41) is 8.70. The zero-order chi connectivity index (χ0) is 12.3. The second-order valence-electron chi connectivity index (χ2n) is 3.70. The van der Waals surface area contributed by atoms with Gasteiger partial charge in [-0.1, -0.05) is 18.5 Å². The maximum absolute atomic E-state index is 6.24. The van der Waals surface area contributed by atoms with Crippen molar-refractivity contribution >= 4 is 56.9 Å². The number of rotatable bonds is 5. The van der Waals surface area contributed by atoms with Gasteiger partial charge in [-0.05, 0) is 64.0 Å². The Bertz CT molecular complexity index is 480. The molecular formula is C12H13ClINS2. The highest BCUT2D eigenvalue weighted by Gasteiger charge is 2.18. The summed E-state index contributed by atoms with van der Waals surface area (Å²) in [6, 6.07) is 4.44. The summed E-state index contributed by atoms with van der Waals surface area (Å²) in [6.07, 6.45) is 1.13. The van der Waals surface area contributed by atoms with E-state index in [0.29, 0.717) is 0 Å². The standard InChI is InChI=1S/C12H13ClINS2/c1-2-4-15-11(8-6-10(14)17-7-8)12-9(13)3-5-16-12/h3,5-7,11,15H,2,4H2,1H3. The van der Waals surface area contributed by atoms with Crippen LogP contribution in [0.5, 0.6) is 0 Å². The van der Waals surface area contributed by atoms with Gasteiger partial charge in [0.2, 0.25) is 0 Å². The summed E-state index contributed by atoms with van der Waals surface area (Å²) in [7, 11) is 0. The number of halogens is 2. The van der Waals surface area contributed by atoms with Crippen LogP contribution in [-0.4, -0.2) is 6.54 Å². The molecule has 0 amide bonds. The molecule has 1 atom stereocenters. The van der Waals surface area contributed by atoms with E-state index in [4.69, 9.17) is 11.6 Å². The molecule has 2 rings (SSSR count). The van der Waals surface area contributed by atoms with E-state index in [9.17, 15) is 0 Å². The Morgan fingerprint density at radius 3 is 2.82 bits per heavy atom. The predicted molar refractivity (Wildman–Crippen MR) is 86.5 cm³/mol. The second kappa shape index (κ2) is 6.52. The lowest BCUT2D eigenvalue weighted by molar-refractivity contribution is 0.607. The summed E-state index contributed by atoms with van der Waals surface area (Å²) in [5.41, 5.74) is 1.32. The van der Waals surface area contributed by atoms with E-state index in [1.54, 1.807) is 22.7 Å². The Balaban J connectivity index is 2.28. The molecule has 0 aliphatic heterocycles. The number of nitrogens with one attached hydrogen (secondary N) is 1. The van der Waals surface area contributed by atoms with Crippen molar-refractivity contribution in [2.45, 2.75) is 19.4 Å². The van der Waals surface area contributed by atoms with Crippen LogP contribution in [-0.2, 0) is 0 Å². The maximum atomic E-state index is 6.24. The molecule has 2 heterocycles. The molecule has 2 aromatic rings. The number of hydrogen-bond donors (Lipinski definition) is 1. The van der Waals surface area contributed by atoms with Gasteiger partial charge in [-0.25, -0.2) is 0 Å². The third-order valence-electron chi connectivity index (χ3n) is 2.43. The molecule has 92 valence electrons. The van der Waals surface area contributed by atoms with Crippen molar-refractivity contribution in [3.05, 3.63) is 41.2 Å². The molecule has 2 aromatic heterocycles. The Kier molecular flexibility index (Phi) is 5.29. The van der Waals surface area contributed by atoms with Crippen LogP contribution in [0.4, 0.5) is 0 Å². The number of thiophene rings is 2. The fourth-order valence-electron chi connectivity index (χ4n) is 1.64. The van der Waals surface area contributed by atoms with Crippen molar-refractivity contribution in [3.63, 3.8) is 0 Å². The zero-order valence-electron chi connectivity index (χ0n) is 9.37. The van der Waals surface area contributed by atoms with Crippen LogP contribution in [0.15, 0.2) is 22.9 Å². The molecule has 0 aliphatic rings. The quantitative estimate of drug-likeness (QED) is 0.687. The van der Waals surface area contributed by atoms with Crippen LogP contribution in [0, 0.1) is 2.88 Å². The summed E-state index contributed by atoms with van der Waals surface area (Å²) in [6.45, 7) is 3.18. The molecular weight excluding hydrogens is 385 g/mol. The van der Waals surface area contributed by atoms with Gasteiger partial charge in [-0.2, -0.15) is 0 Å². The van der Waals surface area contributed by atoms with Crippen LogP contribution in [0.1, 0.15) is 29.8 Å². The van der Waals surface area contributed by atoms with E-state index >= 15 is 0 Å². The molecule has 5 heteroatoms. The maximum Gasteiger partial charge on any atom is 0.0694 e. The van der Waals surface area contributed by atoms with Crippen molar-refractivity contribution < 1.29 is 0 Å². The Morgan fingerprint density at radius 2 is 2.29 bits per heavy atom. The first kappa shape index (κ1) is 13.8. The van der Waals surface area contributed by atoms with Crippen LogP contribution >= 0.6 is 56.9 Å². The molecule has 0 fully saturated rings. The fourth-order valence-corrected chi connectivity index (χ4v) is 4.30. The number of hydrogen-bond acceptors (Lipinski definition) is 3. The normalized spacial score (nSPS) is 12.9. The van der Waals surface area contributed by atoms with E-state index in [-0.39, 0.29) is 6.04 Å². The van der Waals surface area contributed by atoms with Gasteiger partial charge in [-0.15, -0.1) is 22.7 Å². The molecule has 0 radical (unpaired) electrons. The lowest BCUT2D eigenvalue weighted by Crippen LogP contribution is -2.22. The SMILES string of the molecule is CCCNC(c1csc(I)c1)c1sccc1Cl. The minimum Gasteiger partial charge on any atom is -0.306 e. The summed E-state index contributed by atoms with van der Waals surface area (Å²) in [4.78, 5) is 1.22. The van der Waals surface area contributed by atoms with E-state index in [1.807, 2.05) is 6.07 Å². The highest BCUT2D eigenvalue weighted by molar-refractivity contribution is 14.1. The molecule has 1 nitrogen and oxygen atoms in total. The van der Waals surface area contributed by atoms with Crippen molar-refractivity contribution in [3.8, 4) is 0 Å². The van der Waals surface area contributed by atoms with Crippen LogP contribution in [0.25, 0.3) is 0 Å². The third kappa shape index (κ3) is 3.44.